The quantitative estimate of drug-likeness (QED) is 0.473. The molecule has 0 atom stereocenters. The first-order chi connectivity index (χ1) is 14.1. The molecule has 2 N–H and O–H groups in total. The number of hydrogen-bond acceptors (Lipinski definition) is 8. The number of benzene rings is 2. The second kappa shape index (κ2) is 8.01. The molecule has 4 rings (SSSR count). The molecule has 3 aromatic rings. The van der Waals surface area contributed by atoms with Crippen LogP contribution in [0.1, 0.15) is 12.5 Å². The number of ether oxygens (including phenoxy) is 2. The average Bonchev–Trinajstić information content (AvgIpc) is 2.74. The molecule has 0 bridgehead atoms. The first-order valence-electron chi connectivity index (χ1n) is 9.16. The van der Waals surface area contributed by atoms with Gasteiger partial charge in [0.05, 0.1) is 4.92 Å². The molecule has 29 heavy (non-hydrogen) atoms. The molecule has 2 heterocycles. The topological polar surface area (TPSA) is 111 Å². The molecule has 2 aromatic carbocycles. The van der Waals surface area contributed by atoms with E-state index in [1.54, 1.807) is 18.2 Å². The Labute approximate surface area is 166 Å². The fourth-order valence-corrected chi connectivity index (χ4v) is 2.95. The molecule has 1 aliphatic heterocycles. The van der Waals surface area contributed by atoms with E-state index in [0.29, 0.717) is 36.1 Å². The van der Waals surface area contributed by atoms with Crippen LogP contribution in [0.25, 0.3) is 0 Å². The maximum absolute atomic E-state index is 11.8. The molecule has 0 amide bonds. The molecule has 1 aliphatic rings. The zero-order chi connectivity index (χ0) is 20.2. The van der Waals surface area contributed by atoms with Crippen LogP contribution in [0.3, 0.4) is 0 Å². The van der Waals surface area contributed by atoms with Gasteiger partial charge in [0.15, 0.2) is 11.5 Å². The highest BCUT2D eigenvalue weighted by Crippen LogP contribution is 2.36. The van der Waals surface area contributed by atoms with E-state index in [0.717, 1.165) is 6.42 Å². The lowest BCUT2D eigenvalue weighted by Crippen LogP contribution is -2.15. The van der Waals surface area contributed by atoms with Crippen molar-refractivity contribution in [2.45, 2.75) is 13.3 Å². The van der Waals surface area contributed by atoms with Gasteiger partial charge < -0.3 is 20.1 Å². The number of rotatable bonds is 6. The summed E-state index contributed by atoms with van der Waals surface area (Å²) in [6.07, 6.45) is 2.19. The van der Waals surface area contributed by atoms with Gasteiger partial charge in [-0.2, -0.15) is 0 Å². The van der Waals surface area contributed by atoms with Crippen LogP contribution >= 0.6 is 0 Å². The van der Waals surface area contributed by atoms with E-state index in [1.807, 2.05) is 24.3 Å². The predicted octanol–water partition coefficient (Wildman–Crippen LogP) is 4.21. The Morgan fingerprint density at radius 3 is 2.24 bits per heavy atom. The third kappa shape index (κ3) is 4.03. The van der Waals surface area contributed by atoms with Gasteiger partial charge in [0, 0.05) is 17.4 Å². The van der Waals surface area contributed by atoms with E-state index in [4.69, 9.17) is 9.47 Å². The van der Waals surface area contributed by atoms with Gasteiger partial charge >= 0.3 is 5.69 Å². The Hall–Kier alpha value is -3.88. The lowest BCUT2D eigenvalue weighted by atomic mass is 10.1. The first kappa shape index (κ1) is 18.5. The summed E-state index contributed by atoms with van der Waals surface area (Å²) >= 11 is 0. The van der Waals surface area contributed by atoms with Crippen LogP contribution < -0.4 is 20.1 Å². The third-order valence-electron chi connectivity index (χ3n) is 4.43. The van der Waals surface area contributed by atoms with Crippen molar-refractivity contribution in [2.24, 2.45) is 0 Å². The Morgan fingerprint density at radius 2 is 1.59 bits per heavy atom. The van der Waals surface area contributed by atoms with Crippen LogP contribution in [0.2, 0.25) is 0 Å². The van der Waals surface area contributed by atoms with Crippen molar-refractivity contribution in [3.63, 3.8) is 0 Å². The molecular weight excluding hydrogens is 374 g/mol. The molecule has 0 saturated heterocycles. The van der Waals surface area contributed by atoms with Gasteiger partial charge in [0.2, 0.25) is 11.6 Å². The van der Waals surface area contributed by atoms with Gasteiger partial charge in [-0.25, -0.2) is 9.97 Å². The lowest BCUT2D eigenvalue weighted by molar-refractivity contribution is -0.383. The smallest absolute Gasteiger partial charge is 0.353 e. The number of hydrogen-bond donors (Lipinski definition) is 2. The number of aromatic nitrogens is 2. The minimum absolute atomic E-state index is 0.0781. The number of aryl methyl sites for hydroxylation is 1. The van der Waals surface area contributed by atoms with Crippen LogP contribution in [0, 0.1) is 10.1 Å². The molecule has 0 radical (unpaired) electrons. The summed E-state index contributed by atoms with van der Waals surface area (Å²) in [6, 6.07) is 12.9. The van der Waals surface area contributed by atoms with Crippen molar-refractivity contribution in [1.29, 1.82) is 0 Å². The minimum Gasteiger partial charge on any atom is -0.486 e. The fraction of sp³-hybridized carbons (Fsp3) is 0.200. The number of anilines is 4. The zero-order valence-electron chi connectivity index (χ0n) is 15.7. The van der Waals surface area contributed by atoms with E-state index in [-0.39, 0.29) is 17.3 Å². The minimum atomic E-state index is -0.511. The second-order valence-corrected chi connectivity index (χ2v) is 6.34. The van der Waals surface area contributed by atoms with Gasteiger partial charge in [-0.15, -0.1) is 0 Å². The Bertz CT molecular complexity index is 1040. The van der Waals surface area contributed by atoms with Crippen molar-refractivity contribution in [2.75, 3.05) is 23.8 Å². The van der Waals surface area contributed by atoms with Crippen LogP contribution in [-0.2, 0) is 6.42 Å². The number of nitrogens with zero attached hydrogens (tertiary/aromatic N) is 3. The predicted molar refractivity (Wildman–Crippen MR) is 109 cm³/mol. The molecule has 0 fully saturated rings. The van der Waals surface area contributed by atoms with E-state index >= 15 is 0 Å². The highest BCUT2D eigenvalue weighted by atomic mass is 16.6. The summed E-state index contributed by atoms with van der Waals surface area (Å²) in [4.78, 5) is 19.4. The van der Waals surface area contributed by atoms with E-state index in [1.165, 1.54) is 11.9 Å². The molecule has 1 aromatic heterocycles. The van der Waals surface area contributed by atoms with Crippen molar-refractivity contribution in [3.8, 4) is 11.5 Å². The van der Waals surface area contributed by atoms with Crippen molar-refractivity contribution in [3.05, 3.63) is 64.5 Å². The maximum Gasteiger partial charge on any atom is 0.353 e. The van der Waals surface area contributed by atoms with E-state index in [2.05, 4.69) is 27.5 Å². The number of nitro groups is 1. The average molecular weight is 393 g/mol. The molecule has 0 aliphatic carbocycles. The Morgan fingerprint density at radius 1 is 0.966 bits per heavy atom. The summed E-state index contributed by atoms with van der Waals surface area (Å²) in [6.45, 7) is 3.01. The highest BCUT2D eigenvalue weighted by Gasteiger charge is 2.24. The maximum atomic E-state index is 11.8. The normalized spacial score (nSPS) is 12.3. The molecule has 9 heteroatoms. The lowest BCUT2D eigenvalue weighted by Gasteiger charge is -2.19. The summed E-state index contributed by atoms with van der Waals surface area (Å²) in [5.74, 6) is 1.40. The standard InChI is InChI=1S/C20H19N5O4/c1-2-13-3-5-14(6-4-13)23-19-18(25(26)27)20(22-12-21-19)24-15-7-8-16-17(11-15)29-10-9-28-16/h3-8,11-12H,2,9-10H2,1H3,(H2,21,22,23,24). The largest absolute Gasteiger partial charge is 0.486 e. The summed E-state index contributed by atoms with van der Waals surface area (Å²) in [5.41, 5.74) is 2.22. The molecule has 0 unspecified atom stereocenters. The fourth-order valence-electron chi connectivity index (χ4n) is 2.95. The molecule has 0 saturated carbocycles. The van der Waals surface area contributed by atoms with Gasteiger partial charge in [-0.3, -0.25) is 10.1 Å². The van der Waals surface area contributed by atoms with Crippen molar-refractivity contribution < 1.29 is 14.4 Å². The molecule has 0 spiro atoms. The Balaban J connectivity index is 1.63. The van der Waals surface area contributed by atoms with E-state index in [9.17, 15) is 10.1 Å². The van der Waals surface area contributed by atoms with Gasteiger partial charge in [-0.1, -0.05) is 19.1 Å². The van der Waals surface area contributed by atoms with Crippen molar-refractivity contribution in [1.82, 2.24) is 9.97 Å². The van der Waals surface area contributed by atoms with Gasteiger partial charge in [-0.05, 0) is 36.2 Å². The third-order valence-corrected chi connectivity index (χ3v) is 4.43. The number of nitrogens with one attached hydrogen (secondary N) is 2. The van der Waals surface area contributed by atoms with Crippen LogP contribution in [0.5, 0.6) is 11.5 Å². The highest BCUT2D eigenvalue weighted by molar-refractivity contribution is 5.77. The van der Waals surface area contributed by atoms with Crippen LogP contribution in [-0.4, -0.2) is 28.1 Å². The summed E-state index contributed by atoms with van der Waals surface area (Å²) in [7, 11) is 0. The molecule has 9 nitrogen and oxygen atoms in total. The SMILES string of the molecule is CCc1ccc(Nc2ncnc(Nc3ccc4c(c3)OCCO4)c2[N+](=O)[O-])cc1. The molecular formula is C20H19N5O4. The van der Waals surface area contributed by atoms with Crippen molar-refractivity contribution >= 4 is 28.7 Å². The summed E-state index contributed by atoms with van der Waals surface area (Å²) < 4.78 is 11.1. The van der Waals surface area contributed by atoms with Gasteiger partial charge in [0.1, 0.15) is 19.5 Å². The van der Waals surface area contributed by atoms with E-state index < -0.39 is 4.92 Å². The van der Waals surface area contributed by atoms with Gasteiger partial charge in [0.25, 0.3) is 0 Å². The van der Waals surface area contributed by atoms with Crippen LogP contribution in [0.15, 0.2) is 48.8 Å². The zero-order valence-corrected chi connectivity index (χ0v) is 15.7. The van der Waals surface area contributed by atoms with Crippen LogP contribution in [0.4, 0.5) is 28.7 Å². The summed E-state index contributed by atoms with van der Waals surface area (Å²) in [5, 5.41) is 17.7. The Kier molecular flexibility index (Phi) is 5.10. The number of fused-ring (bicyclic) bond motifs is 1. The monoisotopic (exact) mass is 393 g/mol. The second-order valence-electron chi connectivity index (χ2n) is 6.34. The molecule has 148 valence electrons. The first-order valence-corrected chi connectivity index (χ1v) is 9.16.